The lowest BCUT2D eigenvalue weighted by Gasteiger charge is -2.19. The van der Waals surface area contributed by atoms with Crippen molar-refractivity contribution in [3.05, 3.63) is 29.8 Å². The first-order valence-corrected chi connectivity index (χ1v) is 4.72. The molecule has 1 N–H and O–H groups in total. The third kappa shape index (κ3) is 4.25. The van der Waals surface area contributed by atoms with E-state index in [1.807, 2.05) is 0 Å². The fraction of sp³-hybridized carbons (Fsp3) is 0.364. The Labute approximate surface area is 92.4 Å². The van der Waals surface area contributed by atoms with Gasteiger partial charge in [0.1, 0.15) is 17.2 Å². The molecule has 0 radical (unpaired) electrons. The van der Waals surface area contributed by atoms with Crippen LogP contribution in [0.2, 0.25) is 0 Å². The second-order valence-corrected chi connectivity index (χ2v) is 4.29. The summed E-state index contributed by atoms with van der Waals surface area (Å²) in [7, 11) is 0. The Hall–Kier alpha value is -1.65. The molecule has 0 heterocycles. The molecule has 16 heavy (non-hydrogen) atoms. The first-order valence-electron chi connectivity index (χ1n) is 4.72. The van der Waals surface area contributed by atoms with Crippen LogP contribution in [0.5, 0.6) is 0 Å². The highest BCUT2D eigenvalue weighted by Gasteiger charge is 2.16. The van der Waals surface area contributed by atoms with Gasteiger partial charge in [0.15, 0.2) is 0 Å². The number of anilines is 1. The van der Waals surface area contributed by atoms with Gasteiger partial charge in [-0.2, -0.15) is 0 Å². The summed E-state index contributed by atoms with van der Waals surface area (Å²) in [6.45, 7) is 5.08. The van der Waals surface area contributed by atoms with Crippen molar-refractivity contribution in [3.8, 4) is 0 Å². The van der Waals surface area contributed by atoms with E-state index in [1.54, 1.807) is 20.8 Å². The zero-order valence-electron chi connectivity index (χ0n) is 9.30. The molecule has 1 aromatic rings. The number of amides is 1. The molecule has 0 aliphatic carbocycles. The van der Waals surface area contributed by atoms with Crippen LogP contribution in [0.4, 0.5) is 19.3 Å². The van der Waals surface area contributed by atoms with E-state index in [-0.39, 0.29) is 5.69 Å². The predicted molar refractivity (Wildman–Crippen MR) is 56.2 cm³/mol. The maximum Gasteiger partial charge on any atom is 0.412 e. The van der Waals surface area contributed by atoms with Gasteiger partial charge in [0.05, 0.1) is 0 Å². The second-order valence-electron chi connectivity index (χ2n) is 4.29. The van der Waals surface area contributed by atoms with E-state index in [2.05, 4.69) is 5.32 Å². The standard InChI is InChI=1S/C11H13F2NO2/c1-11(2,3)16-10(15)14-9-5-7(12)4-8(13)6-9/h4-6H,1-3H3,(H,14,15). The number of ether oxygens (including phenoxy) is 1. The van der Waals surface area contributed by atoms with Gasteiger partial charge < -0.3 is 4.74 Å². The van der Waals surface area contributed by atoms with E-state index in [4.69, 9.17) is 4.74 Å². The number of benzene rings is 1. The van der Waals surface area contributed by atoms with E-state index in [0.29, 0.717) is 0 Å². The molecule has 0 aliphatic heterocycles. The van der Waals surface area contributed by atoms with Crippen LogP contribution in [-0.2, 0) is 4.74 Å². The average Bonchev–Trinajstić information content (AvgIpc) is 1.96. The van der Waals surface area contributed by atoms with Crippen molar-refractivity contribution < 1.29 is 18.3 Å². The lowest BCUT2D eigenvalue weighted by molar-refractivity contribution is 0.0636. The molecule has 1 rings (SSSR count). The summed E-state index contributed by atoms with van der Waals surface area (Å²) in [5.41, 5.74) is -0.637. The van der Waals surface area contributed by atoms with Crippen LogP contribution in [0.3, 0.4) is 0 Å². The van der Waals surface area contributed by atoms with Crippen molar-refractivity contribution >= 4 is 11.8 Å². The summed E-state index contributed by atoms with van der Waals surface area (Å²) >= 11 is 0. The zero-order chi connectivity index (χ0) is 12.3. The zero-order valence-corrected chi connectivity index (χ0v) is 9.30. The highest BCUT2D eigenvalue weighted by molar-refractivity contribution is 5.84. The van der Waals surface area contributed by atoms with Gasteiger partial charge in [0.2, 0.25) is 0 Å². The largest absolute Gasteiger partial charge is 0.444 e. The van der Waals surface area contributed by atoms with E-state index in [0.717, 1.165) is 18.2 Å². The van der Waals surface area contributed by atoms with Gasteiger partial charge in [-0.15, -0.1) is 0 Å². The third-order valence-corrected chi connectivity index (χ3v) is 1.51. The molecule has 5 heteroatoms. The number of rotatable bonds is 1. The quantitative estimate of drug-likeness (QED) is 0.802. The molecule has 1 aromatic carbocycles. The number of carbonyl (C=O) groups excluding carboxylic acids is 1. The molecule has 0 aromatic heterocycles. The Morgan fingerprint density at radius 2 is 1.69 bits per heavy atom. The van der Waals surface area contributed by atoms with E-state index < -0.39 is 23.3 Å². The number of carbonyl (C=O) groups is 1. The summed E-state index contributed by atoms with van der Waals surface area (Å²) in [5, 5.41) is 2.24. The average molecular weight is 229 g/mol. The Bertz CT molecular complexity index is 379. The smallest absolute Gasteiger partial charge is 0.412 e. The molecular weight excluding hydrogens is 216 g/mol. The first kappa shape index (κ1) is 12.4. The van der Waals surface area contributed by atoms with Gasteiger partial charge in [0, 0.05) is 11.8 Å². The van der Waals surface area contributed by atoms with Gasteiger partial charge in [-0.05, 0) is 32.9 Å². The molecule has 0 spiro atoms. The van der Waals surface area contributed by atoms with Crippen molar-refractivity contribution in [2.75, 3.05) is 5.32 Å². The predicted octanol–water partition coefficient (Wildman–Crippen LogP) is 3.31. The molecule has 3 nitrogen and oxygen atoms in total. The molecule has 0 aliphatic rings. The number of hydrogen-bond donors (Lipinski definition) is 1. The SMILES string of the molecule is CC(C)(C)OC(=O)Nc1cc(F)cc(F)c1. The van der Waals surface area contributed by atoms with Crippen LogP contribution < -0.4 is 5.32 Å². The molecule has 0 unspecified atom stereocenters. The van der Waals surface area contributed by atoms with Gasteiger partial charge in [-0.3, -0.25) is 5.32 Å². The van der Waals surface area contributed by atoms with Gasteiger partial charge in [-0.25, -0.2) is 13.6 Å². The van der Waals surface area contributed by atoms with E-state index in [1.165, 1.54) is 0 Å². The molecule has 88 valence electrons. The highest BCUT2D eigenvalue weighted by Crippen LogP contribution is 2.14. The molecule has 0 fully saturated rings. The maximum atomic E-state index is 12.8. The number of nitrogens with one attached hydrogen (secondary N) is 1. The summed E-state index contributed by atoms with van der Waals surface area (Å²) in [6, 6.07) is 2.74. The van der Waals surface area contributed by atoms with Crippen molar-refractivity contribution in [2.45, 2.75) is 26.4 Å². The van der Waals surface area contributed by atoms with E-state index >= 15 is 0 Å². The maximum absolute atomic E-state index is 12.8. The minimum atomic E-state index is -0.758. The topological polar surface area (TPSA) is 38.3 Å². The summed E-state index contributed by atoms with van der Waals surface area (Å²) in [4.78, 5) is 11.3. The summed E-state index contributed by atoms with van der Waals surface area (Å²) in [5.74, 6) is -1.52. The molecule has 0 bridgehead atoms. The van der Waals surface area contributed by atoms with Gasteiger partial charge >= 0.3 is 6.09 Å². The summed E-state index contributed by atoms with van der Waals surface area (Å²) in [6.07, 6.45) is -0.752. The molecular formula is C11H13F2NO2. The second kappa shape index (κ2) is 4.47. The minimum absolute atomic E-state index is 0.0201. The Morgan fingerprint density at radius 1 is 1.19 bits per heavy atom. The fourth-order valence-corrected chi connectivity index (χ4v) is 1.05. The van der Waals surface area contributed by atoms with Crippen LogP contribution in [0.25, 0.3) is 0 Å². The summed E-state index contributed by atoms with van der Waals surface area (Å²) < 4.78 is 30.5. The van der Waals surface area contributed by atoms with Crippen LogP contribution in [0, 0.1) is 11.6 Å². The minimum Gasteiger partial charge on any atom is -0.444 e. The van der Waals surface area contributed by atoms with E-state index in [9.17, 15) is 13.6 Å². The van der Waals surface area contributed by atoms with Crippen LogP contribution in [0.15, 0.2) is 18.2 Å². The molecule has 1 amide bonds. The highest BCUT2D eigenvalue weighted by atomic mass is 19.1. The lowest BCUT2D eigenvalue weighted by atomic mass is 10.2. The van der Waals surface area contributed by atoms with Crippen molar-refractivity contribution in [1.82, 2.24) is 0 Å². The lowest BCUT2D eigenvalue weighted by Crippen LogP contribution is -2.27. The normalized spacial score (nSPS) is 11.1. The van der Waals surface area contributed by atoms with Gasteiger partial charge in [-0.1, -0.05) is 0 Å². The Kier molecular flexibility index (Phi) is 3.47. The monoisotopic (exact) mass is 229 g/mol. The Morgan fingerprint density at radius 3 is 2.12 bits per heavy atom. The van der Waals surface area contributed by atoms with Gasteiger partial charge in [0.25, 0.3) is 0 Å². The number of hydrogen-bond acceptors (Lipinski definition) is 2. The van der Waals surface area contributed by atoms with Crippen LogP contribution in [-0.4, -0.2) is 11.7 Å². The third-order valence-electron chi connectivity index (χ3n) is 1.51. The molecule has 0 saturated heterocycles. The number of halogens is 2. The van der Waals surface area contributed by atoms with Crippen LogP contribution in [0.1, 0.15) is 20.8 Å². The Balaban J connectivity index is 2.70. The van der Waals surface area contributed by atoms with Crippen molar-refractivity contribution in [3.63, 3.8) is 0 Å². The molecule has 0 atom stereocenters. The van der Waals surface area contributed by atoms with Crippen molar-refractivity contribution in [2.24, 2.45) is 0 Å². The first-order chi connectivity index (χ1) is 7.26. The fourth-order valence-electron chi connectivity index (χ4n) is 1.05. The van der Waals surface area contributed by atoms with Crippen LogP contribution >= 0.6 is 0 Å². The van der Waals surface area contributed by atoms with Crippen molar-refractivity contribution in [1.29, 1.82) is 0 Å². The molecule has 0 saturated carbocycles.